The molecule has 2 rings (SSSR count). The quantitative estimate of drug-likeness (QED) is 0.821. The molecule has 0 fully saturated rings. The second kappa shape index (κ2) is 4.12. The minimum atomic E-state index is -0.864. The summed E-state index contributed by atoms with van der Waals surface area (Å²) in [6.45, 7) is 1.44. The molecule has 2 N–H and O–H groups in total. The van der Waals surface area contributed by atoms with Crippen LogP contribution in [0.2, 0.25) is 0 Å². The number of carboxylic acid groups (broad SMARTS) is 1. The van der Waals surface area contributed by atoms with Gasteiger partial charge in [-0.2, -0.15) is 0 Å². The van der Waals surface area contributed by atoms with Gasteiger partial charge in [0.1, 0.15) is 0 Å². The summed E-state index contributed by atoms with van der Waals surface area (Å²) in [6.07, 6.45) is 0. The molecule has 0 aliphatic heterocycles. The van der Waals surface area contributed by atoms with Gasteiger partial charge >= 0.3 is 97.4 Å². The number of hydrogen-bond donors (Lipinski definition) is 2. The number of carbonyl (C=O) groups excluding carboxylic acids is 1. The number of anilines is 1. The van der Waals surface area contributed by atoms with Crippen molar-refractivity contribution in [1.82, 2.24) is 0 Å². The van der Waals surface area contributed by atoms with Gasteiger partial charge in [0.2, 0.25) is 0 Å². The van der Waals surface area contributed by atoms with E-state index in [1.54, 1.807) is 18.2 Å². The van der Waals surface area contributed by atoms with E-state index in [0.717, 1.165) is 9.65 Å². The Hall–Kier alpha value is -1.58. The van der Waals surface area contributed by atoms with Crippen molar-refractivity contribution < 1.29 is 14.7 Å². The summed E-state index contributed by atoms with van der Waals surface area (Å²) in [7, 11) is 0. The Balaban J connectivity index is 2.45. The Labute approximate surface area is 97.6 Å². The standard InChI is InChI=1S/C11H9NO3Se/c1-6(13)12-8-2-3-9-7(4-8)5-10(16-9)11(14)15/h2-5H,1H3,(H,12,13)(H,14,15). The van der Waals surface area contributed by atoms with E-state index in [9.17, 15) is 9.59 Å². The number of amides is 1. The van der Waals surface area contributed by atoms with Crippen molar-refractivity contribution in [2.75, 3.05) is 5.32 Å². The molecule has 0 saturated heterocycles. The van der Waals surface area contributed by atoms with Gasteiger partial charge < -0.3 is 0 Å². The molecule has 0 aliphatic carbocycles. The van der Waals surface area contributed by atoms with Crippen LogP contribution >= 0.6 is 0 Å². The first kappa shape index (κ1) is 10.9. The van der Waals surface area contributed by atoms with Crippen LogP contribution in [0.4, 0.5) is 5.69 Å². The van der Waals surface area contributed by atoms with Crippen LogP contribution in [-0.2, 0) is 4.79 Å². The van der Waals surface area contributed by atoms with E-state index in [0.29, 0.717) is 10.1 Å². The fraction of sp³-hybridized carbons (Fsp3) is 0.0909. The van der Waals surface area contributed by atoms with Crippen LogP contribution in [-0.4, -0.2) is 31.5 Å². The van der Waals surface area contributed by atoms with E-state index in [1.165, 1.54) is 6.92 Å². The minimum absolute atomic E-state index is 0.129. The molecule has 16 heavy (non-hydrogen) atoms. The van der Waals surface area contributed by atoms with Crippen molar-refractivity contribution in [3.8, 4) is 0 Å². The Morgan fingerprint density at radius 2 is 2.06 bits per heavy atom. The summed E-state index contributed by atoms with van der Waals surface area (Å²) in [6, 6.07) is 7.13. The predicted octanol–water partition coefficient (Wildman–Crippen LogP) is 1.55. The maximum absolute atomic E-state index is 10.9. The van der Waals surface area contributed by atoms with Gasteiger partial charge in [-0.1, -0.05) is 0 Å². The van der Waals surface area contributed by atoms with Crippen LogP contribution in [0, 0.1) is 0 Å². The molecule has 0 spiro atoms. The van der Waals surface area contributed by atoms with E-state index in [2.05, 4.69) is 5.32 Å². The van der Waals surface area contributed by atoms with Gasteiger partial charge in [-0.3, -0.25) is 0 Å². The molecule has 0 radical (unpaired) electrons. The summed E-state index contributed by atoms with van der Waals surface area (Å²) in [5.74, 6) is -0.997. The number of hydrogen-bond acceptors (Lipinski definition) is 2. The number of carbonyl (C=O) groups is 2. The molecular weight excluding hydrogens is 273 g/mol. The van der Waals surface area contributed by atoms with Crippen LogP contribution in [0.25, 0.3) is 9.65 Å². The van der Waals surface area contributed by atoms with Crippen LogP contribution < -0.4 is 5.32 Å². The average molecular weight is 282 g/mol. The van der Waals surface area contributed by atoms with E-state index >= 15 is 0 Å². The van der Waals surface area contributed by atoms with Crippen molar-refractivity contribution in [3.05, 3.63) is 28.7 Å². The van der Waals surface area contributed by atoms with Gasteiger partial charge in [-0.05, 0) is 0 Å². The van der Waals surface area contributed by atoms with Gasteiger partial charge in [0.05, 0.1) is 0 Å². The normalized spacial score (nSPS) is 10.3. The summed E-state index contributed by atoms with van der Waals surface area (Å²) < 4.78 is 1.49. The third-order valence-corrected chi connectivity index (χ3v) is 4.36. The molecule has 0 aliphatic rings. The third kappa shape index (κ3) is 2.15. The topological polar surface area (TPSA) is 66.4 Å². The molecule has 82 valence electrons. The van der Waals surface area contributed by atoms with Crippen LogP contribution in [0.15, 0.2) is 24.3 Å². The Kier molecular flexibility index (Phi) is 2.81. The first-order valence-corrected chi connectivity index (χ1v) is 6.32. The number of aromatic carboxylic acids is 1. The second-order valence-corrected chi connectivity index (χ2v) is 5.62. The molecule has 4 nitrogen and oxygen atoms in total. The van der Waals surface area contributed by atoms with Crippen molar-refractivity contribution in [2.24, 2.45) is 0 Å². The number of benzene rings is 1. The number of carboxylic acids is 1. The predicted molar refractivity (Wildman–Crippen MR) is 62.2 cm³/mol. The SMILES string of the molecule is CC(=O)Nc1ccc2[se]c(C(=O)O)cc2c1. The van der Waals surface area contributed by atoms with Gasteiger partial charge in [0.25, 0.3) is 0 Å². The Bertz CT molecular complexity index is 574. The summed E-state index contributed by atoms with van der Waals surface area (Å²) in [5, 5.41) is 12.4. The van der Waals surface area contributed by atoms with Crippen LogP contribution in [0.1, 0.15) is 16.2 Å². The molecule has 0 unspecified atom stereocenters. The van der Waals surface area contributed by atoms with Gasteiger partial charge in [0.15, 0.2) is 0 Å². The average Bonchev–Trinajstić information content (AvgIpc) is 2.59. The van der Waals surface area contributed by atoms with Crippen LogP contribution in [0.5, 0.6) is 0 Å². The molecule has 1 aromatic carbocycles. The van der Waals surface area contributed by atoms with Gasteiger partial charge in [-0.25, -0.2) is 0 Å². The monoisotopic (exact) mass is 283 g/mol. The molecule has 0 saturated carbocycles. The van der Waals surface area contributed by atoms with Gasteiger partial charge in [0, 0.05) is 0 Å². The second-order valence-electron chi connectivity index (χ2n) is 3.35. The number of rotatable bonds is 2. The Morgan fingerprint density at radius 3 is 2.69 bits per heavy atom. The van der Waals surface area contributed by atoms with Crippen molar-refractivity contribution >= 4 is 41.7 Å². The van der Waals surface area contributed by atoms with E-state index < -0.39 is 5.97 Å². The van der Waals surface area contributed by atoms with Crippen molar-refractivity contribution in [3.63, 3.8) is 0 Å². The van der Waals surface area contributed by atoms with E-state index in [4.69, 9.17) is 5.11 Å². The van der Waals surface area contributed by atoms with E-state index in [-0.39, 0.29) is 20.4 Å². The molecule has 1 heterocycles. The fourth-order valence-electron chi connectivity index (χ4n) is 1.43. The summed E-state index contributed by atoms with van der Waals surface area (Å²) in [4.78, 5) is 21.7. The molecule has 1 amide bonds. The number of nitrogens with one attached hydrogen (secondary N) is 1. The zero-order chi connectivity index (χ0) is 11.7. The summed E-state index contributed by atoms with van der Waals surface area (Å²) in [5.41, 5.74) is 0.699. The van der Waals surface area contributed by atoms with Crippen LogP contribution in [0.3, 0.4) is 0 Å². The van der Waals surface area contributed by atoms with Crippen molar-refractivity contribution in [2.45, 2.75) is 6.92 Å². The molecular formula is C11H9NO3Se. The molecule has 0 bridgehead atoms. The van der Waals surface area contributed by atoms with E-state index in [1.807, 2.05) is 6.07 Å². The molecule has 2 aromatic rings. The molecule has 0 atom stereocenters. The molecule has 5 heteroatoms. The maximum atomic E-state index is 10.9. The first-order chi connectivity index (χ1) is 7.56. The summed E-state index contributed by atoms with van der Waals surface area (Å²) >= 11 is -0.129. The van der Waals surface area contributed by atoms with Gasteiger partial charge in [-0.15, -0.1) is 0 Å². The first-order valence-electron chi connectivity index (χ1n) is 4.61. The fourth-order valence-corrected chi connectivity index (χ4v) is 3.28. The van der Waals surface area contributed by atoms with Crippen molar-refractivity contribution in [1.29, 1.82) is 0 Å². The zero-order valence-corrected chi connectivity index (χ0v) is 10.2. The Morgan fingerprint density at radius 1 is 1.31 bits per heavy atom. The molecule has 1 aromatic heterocycles. The number of fused-ring (bicyclic) bond motifs is 1. The third-order valence-electron chi connectivity index (χ3n) is 2.05. The zero-order valence-electron chi connectivity index (χ0n) is 8.48.